The summed E-state index contributed by atoms with van der Waals surface area (Å²) in [4.78, 5) is 22.1. The van der Waals surface area contributed by atoms with E-state index in [2.05, 4.69) is 10.6 Å². The van der Waals surface area contributed by atoms with Crippen molar-refractivity contribution in [2.75, 3.05) is 19.0 Å². The minimum atomic E-state index is -0.737. The third-order valence-corrected chi connectivity index (χ3v) is 3.15. The zero-order valence-electron chi connectivity index (χ0n) is 10.8. The molecule has 1 fully saturated rings. The van der Waals surface area contributed by atoms with Gasteiger partial charge in [0.15, 0.2) is 0 Å². The number of carbonyl (C=O) groups is 1. The van der Waals surface area contributed by atoms with E-state index in [4.69, 9.17) is 4.74 Å². The molecule has 20 heavy (non-hydrogen) atoms. The molecule has 0 radical (unpaired) electrons. The van der Waals surface area contributed by atoms with Gasteiger partial charge in [-0.3, -0.25) is 14.9 Å². The van der Waals surface area contributed by atoms with Crippen LogP contribution >= 0.6 is 0 Å². The lowest BCUT2D eigenvalue weighted by molar-refractivity contribution is -0.384. The highest BCUT2D eigenvalue weighted by molar-refractivity contribution is 5.96. The standard InChI is InChI=1S/C12H14FN3O4/c1-20-8-5-10(14-6-8)12(17)15-9-3-2-7(13)4-11(9)16(18)19/h2-4,8,10,14H,5-6H2,1H3,(H,15,17). The second-order valence-corrected chi connectivity index (χ2v) is 4.46. The van der Waals surface area contributed by atoms with E-state index in [0.29, 0.717) is 13.0 Å². The molecule has 0 saturated carbocycles. The van der Waals surface area contributed by atoms with Gasteiger partial charge in [0.25, 0.3) is 5.69 Å². The second-order valence-electron chi connectivity index (χ2n) is 4.46. The van der Waals surface area contributed by atoms with Crippen LogP contribution in [-0.4, -0.2) is 36.6 Å². The number of ether oxygens (including phenoxy) is 1. The predicted octanol–water partition coefficient (Wildman–Crippen LogP) is 1.05. The van der Waals surface area contributed by atoms with Crippen molar-refractivity contribution in [2.24, 2.45) is 0 Å². The Morgan fingerprint density at radius 1 is 1.60 bits per heavy atom. The number of benzene rings is 1. The number of hydrogen-bond donors (Lipinski definition) is 2. The molecular formula is C12H14FN3O4. The zero-order chi connectivity index (χ0) is 14.7. The van der Waals surface area contributed by atoms with Gasteiger partial charge in [0.1, 0.15) is 11.5 Å². The molecule has 2 unspecified atom stereocenters. The van der Waals surface area contributed by atoms with Crippen LogP contribution in [-0.2, 0) is 9.53 Å². The third-order valence-electron chi connectivity index (χ3n) is 3.15. The molecule has 1 saturated heterocycles. The van der Waals surface area contributed by atoms with Crippen molar-refractivity contribution in [3.8, 4) is 0 Å². The van der Waals surface area contributed by atoms with Gasteiger partial charge < -0.3 is 15.4 Å². The highest BCUT2D eigenvalue weighted by atomic mass is 19.1. The van der Waals surface area contributed by atoms with Gasteiger partial charge in [-0.1, -0.05) is 0 Å². The monoisotopic (exact) mass is 283 g/mol. The van der Waals surface area contributed by atoms with E-state index in [1.165, 1.54) is 6.07 Å². The molecule has 8 heteroatoms. The summed E-state index contributed by atoms with van der Waals surface area (Å²) in [5.41, 5.74) is -0.497. The Labute approximate surface area is 114 Å². The van der Waals surface area contributed by atoms with Crippen LogP contribution in [0.3, 0.4) is 0 Å². The van der Waals surface area contributed by atoms with Gasteiger partial charge in [0, 0.05) is 13.7 Å². The van der Waals surface area contributed by atoms with E-state index in [1.807, 2.05) is 0 Å². The van der Waals surface area contributed by atoms with Gasteiger partial charge in [-0.2, -0.15) is 0 Å². The van der Waals surface area contributed by atoms with E-state index in [-0.39, 0.29) is 11.8 Å². The van der Waals surface area contributed by atoms with Crippen LogP contribution in [0.25, 0.3) is 0 Å². The summed E-state index contributed by atoms with van der Waals surface area (Å²) in [7, 11) is 1.55. The molecule has 1 aliphatic rings. The van der Waals surface area contributed by atoms with Crippen molar-refractivity contribution in [3.05, 3.63) is 34.1 Å². The lowest BCUT2D eigenvalue weighted by Crippen LogP contribution is -2.35. The van der Waals surface area contributed by atoms with Crippen LogP contribution in [0.2, 0.25) is 0 Å². The Morgan fingerprint density at radius 2 is 2.35 bits per heavy atom. The first-order valence-corrected chi connectivity index (χ1v) is 6.02. The zero-order valence-corrected chi connectivity index (χ0v) is 10.8. The van der Waals surface area contributed by atoms with Crippen LogP contribution in [0.1, 0.15) is 6.42 Å². The summed E-state index contributed by atoms with van der Waals surface area (Å²) in [6.45, 7) is 0.542. The number of hydrogen-bond acceptors (Lipinski definition) is 5. The number of rotatable bonds is 4. The molecule has 1 aromatic rings. The smallest absolute Gasteiger partial charge is 0.295 e. The number of nitrogens with one attached hydrogen (secondary N) is 2. The van der Waals surface area contributed by atoms with E-state index in [9.17, 15) is 19.3 Å². The van der Waals surface area contributed by atoms with E-state index in [1.54, 1.807) is 7.11 Å². The third kappa shape index (κ3) is 3.09. The molecule has 1 amide bonds. The molecule has 108 valence electrons. The molecular weight excluding hydrogens is 269 g/mol. The molecule has 0 spiro atoms. The van der Waals surface area contributed by atoms with Crippen LogP contribution in [0, 0.1) is 15.9 Å². The number of nitro groups is 1. The van der Waals surface area contributed by atoms with Crippen LogP contribution < -0.4 is 10.6 Å². The Hall–Kier alpha value is -2.06. The number of halogens is 1. The SMILES string of the molecule is COC1CNC(C(=O)Nc2ccc(F)cc2[N+](=O)[O-])C1. The highest BCUT2D eigenvalue weighted by Gasteiger charge is 2.30. The average Bonchev–Trinajstić information content (AvgIpc) is 2.89. The topological polar surface area (TPSA) is 93.5 Å². The van der Waals surface area contributed by atoms with Gasteiger partial charge in [-0.15, -0.1) is 0 Å². The number of carbonyl (C=O) groups excluding carboxylic acids is 1. The second kappa shape index (κ2) is 5.93. The van der Waals surface area contributed by atoms with Gasteiger partial charge >= 0.3 is 0 Å². The summed E-state index contributed by atoms with van der Waals surface area (Å²) in [5, 5.41) is 16.2. The normalized spacial score (nSPS) is 21.7. The van der Waals surface area contributed by atoms with E-state index < -0.39 is 28.4 Å². The Bertz CT molecular complexity index is 537. The Morgan fingerprint density at radius 3 is 2.95 bits per heavy atom. The van der Waals surface area contributed by atoms with Crippen molar-refractivity contribution >= 4 is 17.3 Å². The summed E-state index contributed by atoms with van der Waals surface area (Å²) in [6.07, 6.45) is 0.422. The van der Waals surface area contributed by atoms with Crippen molar-refractivity contribution in [3.63, 3.8) is 0 Å². The fourth-order valence-electron chi connectivity index (χ4n) is 2.06. The Kier molecular flexibility index (Phi) is 4.26. The number of amides is 1. The average molecular weight is 283 g/mol. The summed E-state index contributed by atoms with van der Waals surface area (Å²) in [5.74, 6) is -1.13. The molecule has 1 heterocycles. The number of anilines is 1. The van der Waals surface area contributed by atoms with Crippen LogP contribution in [0.15, 0.2) is 18.2 Å². The van der Waals surface area contributed by atoms with Crippen molar-refractivity contribution in [2.45, 2.75) is 18.6 Å². The van der Waals surface area contributed by atoms with Crippen molar-refractivity contribution in [1.82, 2.24) is 5.32 Å². The first-order valence-electron chi connectivity index (χ1n) is 6.02. The predicted molar refractivity (Wildman–Crippen MR) is 68.9 cm³/mol. The van der Waals surface area contributed by atoms with Crippen molar-refractivity contribution < 1.29 is 18.8 Å². The van der Waals surface area contributed by atoms with Crippen molar-refractivity contribution in [1.29, 1.82) is 0 Å². The maximum atomic E-state index is 13.0. The van der Waals surface area contributed by atoms with Crippen LogP contribution in [0.5, 0.6) is 0 Å². The van der Waals surface area contributed by atoms with Gasteiger partial charge in [0.2, 0.25) is 5.91 Å². The number of methoxy groups -OCH3 is 1. The Balaban J connectivity index is 2.10. The summed E-state index contributed by atoms with van der Waals surface area (Å²) >= 11 is 0. The maximum Gasteiger partial charge on any atom is 0.295 e. The molecule has 0 aromatic heterocycles. The van der Waals surface area contributed by atoms with Gasteiger partial charge in [0.05, 0.1) is 23.1 Å². The first kappa shape index (κ1) is 14.4. The molecule has 0 bridgehead atoms. The molecule has 7 nitrogen and oxygen atoms in total. The minimum absolute atomic E-state index is 0.0240. The fraction of sp³-hybridized carbons (Fsp3) is 0.417. The minimum Gasteiger partial charge on any atom is -0.380 e. The maximum absolute atomic E-state index is 13.0. The molecule has 0 aliphatic carbocycles. The fourth-order valence-corrected chi connectivity index (χ4v) is 2.06. The van der Waals surface area contributed by atoms with E-state index in [0.717, 1.165) is 12.1 Å². The van der Waals surface area contributed by atoms with Crippen LogP contribution in [0.4, 0.5) is 15.8 Å². The van der Waals surface area contributed by atoms with Gasteiger partial charge in [-0.25, -0.2) is 4.39 Å². The number of nitrogens with zero attached hydrogens (tertiary/aromatic N) is 1. The molecule has 2 atom stereocenters. The summed E-state index contributed by atoms with van der Waals surface area (Å²) in [6, 6.07) is 2.52. The largest absolute Gasteiger partial charge is 0.380 e. The first-order chi connectivity index (χ1) is 9.51. The molecule has 2 N–H and O–H groups in total. The quantitative estimate of drug-likeness (QED) is 0.636. The molecule has 1 aromatic carbocycles. The van der Waals surface area contributed by atoms with Gasteiger partial charge in [-0.05, 0) is 18.6 Å². The number of nitro benzene ring substituents is 1. The molecule has 2 rings (SSSR count). The lowest BCUT2D eigenvalue weighted by Gasteiger charge is -2.11. The lowest BCUT2D eigenvalue weighted by atomic mass is 10.2. The molecule has 1 aliphatic heterocycles. The summed E-state index contributed by atoms with van der Waals surface area (Å²) < 4.78 is 18.1. The highest BCUT2D eigenvalue weighted by Crippen LogP contribution is 2.25. The van der Waals surface area contributed by atoms with E-state index >= 15 is 0 Å².